The normalized spacial score (nSPS) is 26.4. The van der Waals surface area contributed by atoms with Gasteiger partial charge in [-0.3, -0.25) is 38.2 Å². The van der Waals surface area contributed by atoms with E-state index >= 15 is 0 Å². The van der Waals surface area contributed by atoms with Crippen LogP contribution in [0.15, 0.2) is 0 Å². The molecule has 3 rings (SSSR count). The summed E-state index contributed by atoms with van der Waals surface area (Å²) in [5.41, 5.74) is 0. The Kier molecular flexibility index (Phi) is 14.3. The van der Waals surface area contributed by atoms with Crippen LogP contribution in [-0.4, -0.2) is 151 Å². The van der Waals surface area contributed by atoms with E-state index in [9.17, 15) is 43.1 Å². The molecule has 6 N–H and O–H groups in total. The van der Waals surface area contributed by atoms with E-state index in [2.05, 4.69) is 0 Å². The zero-order chi connectivity index (χ0) is 24.0. The van der Waals surface area contributed by atoms with Gasteiger partial charge in [-0.15, -0.1) is 0 Å². The molecule has 0 aromatic heterocycles. The van der Waals surface area contributed by atoms with Crippen molar-refractivity contribution in [3.63, 3.8) is 0 Å². The number of hydrogen-bond acceptors (Lipinski definition) is 8. The summed E-state index contributed by atoms with van der Waals surface area (Å²) in [6.45, 7) is 5.19. The molecule has 0 aliphatic carbocycles. The molecule has 196 valence electrons. The van der Waals surface area contributed by atoms with Crippen LogP contribution in [0.5, 0.6) is 0 Å². The maximum absolute atomic E-state index is 11.6. The van der Waals surface area contributed by atoms with Gasteiger partial charge in [0.05, 0.1) is 0 Å². The molecule has 0 aromatic rings. The molecule has 14 nitrogen and oxygen atoms in total. The summed E-state index contributed by atoms with van der Waals surface area (Å²) in [5.74, 6) is 0. The van der Waals surface area contributed by atoms with Gasteiger partial charge in [0.15, 0.2) is 0 Å². The van der Waals surface area contributed by atoms with Gasteiger partial charge in [0.25, 0.3) is 0 Å². The van der Waals surface area contributed by atoms with Crippen LogP contribution < -0.4 is 0 Å². The molecule has 0 saturated carbocycles. The topological polar surface area (TPSA) is 189 Å². The van der Waals surface area contributed by atoms with Crippen molar-refractivity contribution in [2.75, 3.05) is 97.4 Å². The van der Waals surface area contributed by atoms with E-state index in [0.29, 0.717) is 78.5 Å². The molecule has 18 heteroatoms. The quantitative estimate of drug-likeness (QED) is 0.169. The minimum absolute atomic E-state index is 0. The van der Waals surface area contributed by atoms with Gasteiger partial charge in [-0.05, 0) is 0 Å². The third-order valence-corrected chi connectivity index (χ3v) is 7.85. The minimum atomic E-state index is -4.23. The molecule has 0 amide bonds. The second-order valence-electron chi connectivity index (χ2n) is 8.46. The van der Waals surface area contributed by atoms with Crippen LogP contribution in [0.1, 0.15) is 0 Å². The van der Waals surface area contributed by atoms with E-state index in [1.807, 2.05) is 9.80 Å². The van der Waals surface area contributed by atoms with Crippen molar-refractivity contribution in [1.29, 1.82) is 0 Å². The van der Waals surface area contributed by atoms with Crippen LogP contribution >= 0.6 is 22.8 Å². The summed E-state index contributed by atoms with van der Waals surface area (Å²) >= 11 is 0. The Morgan fingerprint density at radius 2 is 0.606 bits per heavy atom. The summed E-state index contributed by atoms with van der Waals surface area (Å²) in [4.78, 5) is 65.8. The Hall–Kier alpha value is 1.59. The average molecular weight is 674 g/mol. The van der Waals surface area contributed by atoms with Crippen LogP contribution in [0.2, 0.25) is 0 Å². The Morgan fingerprint density at radius 1 is 0.424 bits per heavy atom. The van der Waals surface area contributed by atoms with Crippen LogP contribution in [0.3, 0.4) is 0 Å². The van der Waals surface area contributed by atoms with E-state index in [1.54, 1.807) is 14.7 Å². The third-order valence-electron chi connectivity index (χ3n) is 5.55. The van der Waals surface area contributed by atoms with Gasteiger partial charge in [0.2, 0.25) is 0 Å². The molecular weight excluding hydrogens is 637 g/mol. The molecule has 3 fully saturated rings. The van der Waals surface area contributed by atoms with Crippen molar-refractivity contribution in [1.82, 2.24) is 24.5 Å². The summed E-state index contributed by atoms with van der Waals surface area (Å²) in [5, 5.41) is 0. The Morgan fingerprint density at radius 3 is 0.758 bits per heavy atom. The van der Waals surface area contributed by atoms with E-state index in [-0.39, 0.29) is 59.2 Å². The molecule has 0 atom stereocenters. The van der Waals surface area contributed by atoms with Crippen LogP contribution in [0.4, 0.5) is 0 Å². The van der Waals surface area contributed by atoms with Crippen molar-refractivity contribution in [2.24, 2.45) is 0 Å². The maximum Gasteiger partial charge on any atom is 0.339 e. The minimum Gasteiger partial charge on any atom is -0.324 e. The van der Waals surface area contributed by atoms with Crippen molar-refractivity contribution in [3.8, 4) is 0 Å². The van der Waals surface area contributed by atoms with Gasteiger partial charge in [-0.25, -0.2) is 0 Å². The van der Waals surface area contributed by atoms with Crippen LogP contribution in [0, 0.1) is 40.4 Å². The fourth-order valence-corrected chi connectivity index (χ4v) is 6.32. The molecule has 3 heterocycles. The SMILES string of the molecule is O=P(O)(O)CN1CCN2CCN(CP(=O)(O)O)CCN(CC1)CCN(CP(=O)(O)O)CC2.[Sm]. The van der Waals surface area contributed by atoms with Crippen LogP contribution in [-0.2, 0) is 13.7 Å². The Bertz CT molecular complexity index is 617. The summed E-state index contributed by atoms with van der Waals surface area (Å²) in [7, 11) is -12.7. The molecule has 3 aliphatic rings. The van der Waals surface area contributed by atoms with Gasteiger partial charge in [-0.2, -0.15) is 0 Å². The van der Waals surface area contributed by atoms with E-state index in [0.717, 1.165) is 0 Å². The second kappa shape index (κ2) is 14.5. The maximum atomic E-state index is 11.6. The fourth-order valence-electron chi connectivity index (χ4n) is 3.91. The van der Waals surface area contributed by atoms with Gasteiger partial charge in [-0.1, -0.05) is 0 Å². The van der Waals surface area contributed by atoms with Crippen molar-refractivity contribution >= 4 is 22.8 Å². The molecular formula is C15H36N5O9P3Sm. The Balaban J connectivity index is 0.00000544. The molecule has 0 aromatic carbocycles. The number of hydrogen-bond donors (Lipinski definition) is 6. The number of fused-ring (bicyclic) bond motifs is 12. The van der Waals surface area contributed by atoms with E-state index in [4.69, 9.17) is 0 Å². The molecule has 0 radical (unpaired) electrons. The monoisotopic (exact) mass is 675 g/mol. The van der Waals surface area contributed by atoms with E-state index < -0.39 is 22.8 Å². The standard InChI is InChI=1S/C15H36N5O9P3.Sm/c21-30(22,23)13-18-7-1-16-2-8-19(14-31(24,25)26)11-5-17(4-10-18)6-12-20(9-3-16)15-32(27,28)29;/h1-15H2,(H2,21,22,23)(H2,24,25,26)(H2,27,28,29);. The van der Waals surface area contributed by atoms with Gasteiger partial charge >= 0.3 is 22.8 Å². The zero-order valence-corrected chi connectivity index (χ0v) is 23.8. The predicted octanol–water partition coefficient (Wildman–Crippen LogP) is -2.07. The first-order valence-electron chi connectivity index (χ1n) is 10.4. The first kappa shape index (κ1) is 32.6. The molecule has 0 unspecified atom stereocenters. The zero-order valence-electron chi connectivity index (χ0n) is 18.5. The van der Waals surface area contributed by atoms with Gasteiger partial charge < -0.3 is 29.4 Å². The summed E-state index contributed by atoms with van der Waals surface area (Å²) in [6.07, 6.45) is -1.03. The molecule has 3 aliphatic heterocycles. The molecule has 2 bridgehead atoms. The summed E-state index contributed by atoms with van der Waals surface area (Å²) in [6, 6.07) is 0. The van der Waals surface area contributed by atoms with Gasteiger partial charge in [0, 0.05) is 119 Å². The first-order chi connectivity index (χ1) is 14.7. The number of rotatable bonds is 6. The first-order valence-corrected chi connectivity index (χ1v) is 15.8. The van der Waals surface area contributed by atoms with Gasteiger partial charge in [0.1, 0.15) is 18.9 Å². The smallest absolute Gasteiger partial charge is 0.324 e. The molecule has 33 heavy (non-hydrogen) atoms. The summed E-state index contributed by atoms with van der Waals surface area (Å²) < 4.78 is 34.7. The average Bonchev–Trinajstić information content (AvgIpc) is 2.59. The van der Waals surface area contributed by atoms with Crippen molar-refractivity contribution in [3.05, 3.63) is 0 Å². The number of nitrogens with zero attached hydrogens (tertiary/aromatic N) is 5. The van der Waals surface area contributed by atoms with E-state index in [1.165, 1.54) is 0 Å². The largest absolute Gasteiger partial charge is 0.339 e. The Labute approximate surface area is 226 Å². The van der Waals surface area contributed by atoms with Crippen LogP contribution in [0.25, 0.3) is 0 Å². The molecule has 3 saturated heterocycles. The third kappa shape index (κ3) is 15.4. The molecule has 0 spiro atoms. The van der Waals surface area contributed by atoms with Crippen molar-refractivity contribution < 1.29 is 83.4 Å². The predicted molar refractivity (Wildman–Crippen MR) is 118 cm³/mol. The fraction of sp³-hybridized carbons (Fsp3) is 1.00. The van der Waals surface area contributed by atoms with Crippen molar-refractivity contribution in [2.45, 2.75) is 0 Å². The second-order valence-corrected chi connectivity index (χ2v) is 13.3.